The Morgan fingerprint density at radius 3 is 2.68 bits per heavy atom. The molecule has 1 aliphatic carbocycles. The first-order valence-electron chi connectivity index (χ1n) is 8.00. The zero-order valence-corrected chi connectivity index (χ0v) is 14.9. The number of rotatable bonds is 4. The molecule has 136 valence electrons. The third-order valence-corrected chi connectivity index (χ3v) is 5.37. The van der Waals surface area contributed by atoms with Crippen LogP contribution in [-0.4, -0.2) is 57.3 Å². The average molecular weight is 367 g/mol. The lowest BCUT2D eigenvalue weighted by molar-refractivity contribution is 0.0600. The molecule has 0 unspecified atom stereocenters. The average Bonchev–Trinajstić information content (AvgIpc) is 3.12. The van der Waals surface area contributed by atoms with Gasteiger partial charge in [0.1, 0.15) is 0 Å². The maximum atomic E-state index is 12.6. The van der Waals surface area contributed by atoms with E-state index in [0.717, 1.165) is 19.1 Å². The topological polar surface area (TPSA) is 105 Å². The van der Waals surface area contributed by atoms with Crippen molar-refractivity contribution >= 4 is 27.7 Å². The molecule has 2 N–H and O–H groups in total. The number of nitrogens with one attached hydrogen (secondary N) is 2. The van der Waals surface area contributed by atoms with Crippen LogP contribution in [0.2, 0.25) is 0 Å². The van der Waals surface area contributed by atoms with Gasteiger partial charge in [-0.15, -0.1) is 0 Å². The number of urea groups is 1. The van der Waals surface area contributed by atoms with E-state index in [0.29, 0.717) is 23.7 Å². The number of fused-ring (bicyclic) bond motifs is 2. The Kier molecular flexibility index (Phi) is 4.70. The van der Waals surface area contributed by atoms with Crippen molar-refractivity contribution in [1.29, 1.82) is 0 Å². The molecule has 1 heterocycles. The molecule has 1 saturated heterocycles. The van der Waals surface area contributed by atoms with Gasteiger partial charge in [-0.1, -0.05) is 6.07 Å². The molecule has 0 spiro atoms. The van der Waals surface area contributed by atoms with E-state index < -0.39 is 16.0 Å². The summed E-state index contributed by atoms with van der Waals surface area (Å²) in [4.78, 5) is 25.8. The maximum absolute atomic E-state index is 12.6. The number of anilines is 1. The molecule has 1 saturated carbocycles. The summed E-state index contributed by atoms with van der Waals surface area (Å²) in [5.41, 5.74) is 0.836. The summed E-state index contributed by atoms with van der Waals surface area (Å²) in [5.74, 6) is -0.176. The standard InChI is InChI=1S/C16H21N3O5S/c1-24-15(20)11-4-3-5-12(8-11)17-16(21)19-9-10-6-13(14(19)7-10)18-25(2,22)23/h3-5,8,10,13-14,18H,6-7,9H2,1-2H3,(H,17,21)/t10-,13+,14-/m1/s1. The second kappa shape index (κ2) is 6.64. The summed E-state index contributed by atoms with van der Waals surface area (Å²) < 4.78 is 30.3. The minimum absolute atomic E-state index is 0.150. The highest BCUT2D eigenvalue weighted by atomic mass is 32.2. The number of ether oxygens (including phenoxy) is 1. The SMILES string of the molecule is COC(=O)c1cccc(NC(=O)N2C[C@@H]3C[C@H](NS(C)(=O)=O)[C@H]2C3)c1. The minimum atomic E-state index is -3.32. The van der Waals surface area contributed by atoms with Gasteiger partial charge in [-0.05, 0) is 37.0 Å². The zero-order valence-electron chi connectivity index (χ0n) is 14.1. The van der Waals surface area contributed by atoms with Crippen LogP contribution in [0.25, 0.3) is 0 Å². The van der Waals surface area contributed by atoms with E-state index in [1.54, 1.807) is 29.2 Å². The Hall–Kier alpha value is -2.13. The van der Waals surface area contributed by atoms with Gasteiger partial charge in [0.05, 0.1) is 25.0 Å². The van der Waals surface area contributed by atoms with Crippen molar-refractivity contribution in [2.24, 2.45) is 5.92 Å². The van der Waals surface area contributed by atoms with Crippen LogP contribution >= 0.6 is 0 Å². The van der Waals surface area contributed by atoms with Crippen LogP contribution in [0.5, 0.6) is 0 Å². The Morgan fingerprint density at radius 2 is 2.04 bits per heavy atom. The second-order valence-electron chi connectivity index (χ2n) is 6.56. The van der Waals surface area contributed by atoms with Gasteiger partial charge < -0.3 is 15.0 Å². The molecule has 2 amide bonds. The number of carbonyl (C=O) groups excluding carboxylic acids is 2. The third kappa shape index (κ3) is 3.93. The van der Waals surface area contributed by atoms with Crippen molar-refractivity contribution in [3.05, 3.63) is 29.8 Å². The van der Waals surface area contributed by atoms with Crippen LogP contribution in [0, 0.1) is 5.92 Å². The number of sulfonamides is 1. The monoisotopic (exact) mass is 367 g/mol. The quantitative estimate of drug-likeness (QED) is 0.773. The summed E-state index contributed by atoms with van der Waals surface area (Å²) in [6.07, 6.45) is 2.67. The molecule has 0 radical (unpaired) electrons. The Morgan fingerprint density at radius 1 is 1.28 bits per heavy atom. The van der Waals surface area contributed by atoms with E-state index in [1.165, 1.54) is 7.11 Å². The number of methoxy groups -OCH3 is 1. The fourth-order valence-corrected chi connectivity index (χ4v) is 4.50. The van der Waals surface area contributed by atoms with Crippen LogP contribution in [0.1, 0.15) is 23.2 Å². The Labute approximate surface area is 146 Å². The van der Waals surface area contributed by atoms with Crippen LogP contribution < -0.4 is 10.0 Å². The van der Waals surface area contributed by atoms with Gasteiger partial charge in [0.25, 0.3) is 0 Å². The molecule has 0 aromatic heterocycles. The largest absolute Gasteiger partial charge is 0.465 e. The number of hydrogen-bond acceptors (Lipinski definition) is 5. The number of likely N-dealkylation sites (tertiary alicyclic amines) is 1. The van der Waals surface area contributed by atoms with E-state index in [4.69, 9.17) is 0 Å². The molecule has 3 rings (SSSR count). The van der Waals surface area contributed by atoms with E-state index in [-0.39, 0.29) is 18.1 Å². The second-order valence-corrected chi connectivity index (χ2v) is 8.34. The summed E-state index contributed by atoms with van der Waals surface area (Å²) >= 11 is 0. The first-order chi connectivity index (χ1) is 11.8. The molecule has 9 heteroatoms. The lowest BCUT2D eigenvalue weighted by Gasteiger charge is -2.33. The van der Waals surface area contributed by atoms with Crippen molar-refractivity contribution in [3.63, 3.8) is 0 Å². The normalized spacial score (nSPS) is 25.0. The van der Waals surface area contributed by atoms with Crippen molar-refractivity contribution in [1.82, 2.24) is 9.62 Å². The number of carbonyl (C=O) groups is 2. The van der Waals surface area contributed by atoms with Gasteiger partial charge in [-0.2, -0.15) is 0 Å². The molecule has 1 aromatic rings. The van der Waals surface area contributed by atoms with Crippen LogP contribution in [0.3, 0.4) is 0 Å². The first-order valence-corrected chi connectivity index (χ1v) is 9.89. The highest BCUT2D eigenvalue weighted by Gasteiger charge is 2.47. The Balaban J connectivity index is 1.69. The van der Waals surface area contributed by atoms with Crippen LogP contribution in [0.15, 0.2) is 24.3 Å². The third-order valence-electron chi connectivity index (χ3n) is 4.64. The van der Waals surface area contributed by atoms with Crippen molar-refractivity contribution in [3.8, 4) is 0 Å². The van der Waals surface area contributed by atoms with E-state index in [1.807, 2.05) is 0 Å². The van der Waals surface area contributed by atoms with E-state index in [2.05, 4.69) is 14.8 Å². The van der Waals surface area contributed by atoms with Crippen LogP contribution in [-0.2, 0) is 14.8 Å². The minimum Gasteiger partial charge on any atom is -0.465 e. The molecule has 2 fully saturated rings. The molecule has 3 atom stereocenters. The summed E-state index contributed by atoms with van der Waals surface area (Å²) in [6, 6.07) is 5.80. The number of benzene rings is 1. The number of piperidine rings is 1. The zero-order chi connectivity index (χ0) is 18.2. The smallest absolute Gasteiger partial charge is 0.337 e. The van der Waals surface area contributed by atoms with E-state index in [9.17, 15) is 18.0 Å². The lowest BCUT2D eigenvalue weighted by atomic mass is 10.1. The molecular formula is C16H21N3O5S. The van der Waals surface area contributed by atoms with Gasteiger partial charge in [0.2, 0.25) is 10.0 Å². The predicted molar refractivity (Wildman–Crippen MR) is 91.8 cm³/mol. The summed E-state index contributed by atoms with van der Waals surface area (Å²) in [7, 11) is -2.02. The molecule has 8 nitrogen and oxygen atoms in total. The number of esters is 1. The summed E-state index contributed by atoms with van der Waals surface area (Å²) in [6.45, 7) is 0.606. The lowest BCUT2D eigenvalue weighted by Crippen LogP contribution is -2.52. The van der Waals surface area contributed by atoms with Gasteiger partial charge in [-0.3, -0.25) is 0 Å². The Bertz CT molecular complexity index is 795. The number of amides is 2. The molecule has 2 bridgehead atoms. The van der Waals surface area contributed by atoms with Gasteiger partial charge in [0, 0.05) is 18.3 Å². The maximum Gasteiger partial charge on any atom is 0.337 e. The molecular weight excluding hydrogens is 346 g/mol. The molecule has 2 aliphatic rings. The van der Waals surface area contributed by atoms with Crippen molar-refractivity contribution in [2.75, 3.05) is 25.2 Å². The highest BCUT2D eigenvalue weighted by molar-refractivity contribution is 7.88. The van der Waals surface area contributed by atoms with Gasteiger partial charge in [-0.25, -0.2) is 22.7 Å². The fraction of sp³-hybridized carbons (Fsp3) is 0.500. The van der Waals surface area contributed by atoms with Gasteiger partial charge >= 0.3 is 12.0 Å². The van der Waals surface area contributed by atoms with E-state index >= 15 is 0 Å². The van der Waals surface area contributed by atoms with Crippen molar-refractivity contribution in [2.45, 2.75) is 24.9 Å². The van der Waals surface area contributed by atoms with Gasteiger partial charge in [0.15, 0.2) is 0 Å². The molecule has 1 aromatic carbocycles. The first kappa shape index (κ1) is 17.7. The highest BCUT2D eigenvalue weighted by Crippen LogP contribution is 2.38. The predicted octanol–water partition coefficient (Wildman–Crippen LogP) is 1.02. The number of hydrogen-bond donors (Lipinski definition) is 2. The fourth-order valence-electron chi connectivity index (χ4n) is 3.70. The van der Waals surface area contributed by atoms with Crippen molar-refractivity contribution < 1.29 is 22.7 Å². The molecule has 25 heavy (non-hydrogen) atoms. The number of nitrogens with zero attached hydrogens (tertiary/aromatic N) is 1. The van der Waals surface area contributed by atoms with Crippen LogP contribution in [0.4, 0.5) is 10.5 Å². The summed E-state index contributed by atoms with van der Waals surface area (Å²) in [5, 5.41) is 2.77. The molecule has 1 aliphatic heterocycles.